The van der Waals surface area contributed by atoms with Crippen molar-refractivity contribution in [1.29, 1.82) is 0 Å². The van der Waals surface area contributed by atoms with Gasteiger partial charge in [-0.2, -0.15) is 0 Å². The number of ether oxygens (including phenoxy) is 2. The summed E-state index contributed by atoms with van der Waals surface area (Å²) in [6.45, 7) is 5.39. The van der Waals surface area contributed by atoms with Crippen LogP contribution < -0.4 is 4.90 Å². The smallest absolute Gasteiger partial charge is 0.347 e. The maximum Gasteiger partial charge on any atom is 0.347 e. The van der Waals surface area contributed by atoms with E-state index >= 15 is 0 Å². The van der Waals surface area contributed by atoms with Gasteiger partial charge in [0.25, 0.3) is 5.97 Å². The number of furan rings is 1. The first-order valence-corrected chi connectivity index (χ1v) is 10.2. The van der Waals surface area contributed by atoms with Crippen LogP contribution in [0.1, 0.15) is 49.4 Å². The third-order valence-electron chi connectivity index (χ3n) is 4.59. The van der Waals surface area contributed by atoms with E-state index in [9.17, 15) is 9.90 Å². The van der Waals surface area contributed by atoms with Crippen molar-refractivity contribution in [3.8, 4) is 5.75 Å². The molecule has 0 aromatic carbocycles. The zero-order valence-electron chi connectivity index (χ0n) is 17.9. The van der Waals surface area contributed by atoms with Crippen LogP contribution in [-0.4, -0.2) is 66.3 Å². The molecule has 0 aliphatic carbocycles. The molecule has 0 radical (unpaired) electrons. The summed E-state index contributed by atoms with van der Waals surface area (Å²) in [6, 6.07) is 3.70. The molecule has 2 aliphatic heterocycles. The van der Waals surface area contributed by atoms with Crippen LogP contribution in [0, 0.1) is 0 Å². The van der Waals surface area contributed by atoms with Gasteiger partial charge in [-0.25, -0.2) is 14.8 Å². The van der Waals surface area contributed by atoms with Gasteiger partial charge in [-0.1, -0.05) is 7.43 Å². The van der Waals surface area contributed by atoms with Crippen molar-refractivity contribution < 1.29 is 33.7 Å². The van der Waals surface area contributed by atoms with E-state index in [1.165, 1.54) is 0 Å². The van der Waals surface area contributed by atoms with E-state index in [0.29, 0.717) is 38.0 Å². The van der Waals surface area contributed by atoms with Crippen molar-refractivity contribution in [2.75, 3.05) is 37.8 Å². The van der Waals surface area contributed by atoms with Crippen LogP contribution in [0.5, 0.6) is 5.75 Å². The number of hydrogen-bond donors (Lipinski definition) is 2. The Labute approximate surface area is 192 Å². The fraction of sp³-hybridized carbons (Fsp3) is 0.391. The minimum Gasteiger partial charge on any atom is -0.504 e. The molecule has 2 aromatic rings. The fourth-order valence-electron chi connectivity index (χ4n) is 3.27. The predicted molar refractivity (Wildman–Crippen MR) is 124 cm³/mol. The summed E-state index contributed by atoms with van der Waals surface area (Å²) < 4.78 is 16.6. The summed E-state index contributed by atoms with van der Waals surface area (Å²) in [5.74, 6) is -0.598. The number of aliphatic imine (C=N–C) groups is 1. The first-order chi connectivity index (χ1) is 15.4. The van der Waals surface area contributed by atoms with Gasteiger partial charge in [0.05, 0.1) is 13.2 Å². The molecule has 2 N–H and O–H groups in total. The molecular formula is C23H29N3O7. The number of pyridine rings is 1. The number of allylic oxidation sites excluding steroid dienone is 1. The van der Waals surface area contributed by atoms with Crippen LogP contribution in [0.2, 0.25) is 0 Å². The number of carboxylic acid groups (broad SMARTS) is 1. The lowest BCUT2D eigenvalue weighted by molar-refractivity contribution is -0.134. The Kier molecular flexibility index (Phi) is 9.17. The van der Waals surface area contributed by atoms with E-state index in [1.807, 2.05) is 17.0 Å². The molecule has 0 bridgehead atoms. The summed E-state index contributed by atoms with van der Waals surface area (Å²) in [5.41, 5.74) is 1.62. The van der Waals surface area contributed by atoms with Crippen LogP contribution in [-0.2, 0) is 14.3 Å². The minimum absolute atomic E-state index is 0. The lowest BCUT2D eigenvalue weighted by Gasteiger charge is -2.19. The average molecular weight is 459 g/mol. The van der Waals surface area contributed by atoms with E-state index in [1.54, 1.807) is 25.4 Å². The Morgan fingerprint density at radius 2 is 2.06 bits per heavy atom. The van der Waals surface area contributed by atoms with Crippen LogP contribution in [0.4, 0.5) is 11.7 Å². The van der Waals surface area contributed by atoms with Crippen molar-refractivity contribution in [3.63, 3.8) is 0 Å². The van der Waals surface area contributed by atoms with Crippen LogP contribution in [0.25, 0.3) is 11.6 Å². The molecule has 0 spiro atoms. The monoisotopic (exact) mass is 459 g/mol. The Morgan fingerprint density at radius 1 is 1.30 bits per heavy atom. The second-order valence-corrected chi connectivity index (χ2v) is 6.92. The molecule has 10 heteroatoms. The predicted octanol–water partition coefficient (Wildman–Crippen LogP) is 3.77. The molecule has 4 rings (SSSR count). The van der Waals surface area contributed by atoms with Crippen LogP contribution in [0.15, 0.2) is 27.7 Å². The topological polar surface area (TPSA) is 135 Å². The molecule has 1 saturated heterocycles. The highest BCUT2D eigenvalue weighted by molar-refractivity contribution is 6.21. The summed E-state index contributed by atoms with van der Waals surface area (Å²) in [5, 5.41) is 18.2. The second kappa shape index (κ2) is 11.8. The van der Waals surface area contributed by atoms with E-state index in [-0.39, 0.29) is 31.1 Å². The third kappa shape index (κ3) is 6.19. The van der Waals surface area contributed by atoms with E-state index < -0.39 is 11.9 Å². The SMILES string of the molecule is C.CC(=O)O.CCOC(=O)c1c(N2CCCOCC2)oc(C=C2C=Nc3ncccc32)c1O. The number of aromatic hydroxyl groups is 1. The first-order valence-electron chi connectivity index (χ1n) is 10.2. The maximum absolute atomic E-state index is 12.5. The molecule has 4 heterocycles. The number of hydrogen-bond acceptors (Lipinski definition) is 9. The number of fused-ring (bicyclic) bond motifs is 1. The van der Waals surface area contributed by atoms with E-state index in [2.05, 4.69) is 9.98 Å². The molecule has 2 aliphatic rings. The van der Waals surface area contributed by atoms with Crippen molar-refractivity contribution in [2.45, 2.75) is 27.7 Å². The molecule has 33 heavy (non-hydrogen) atoms. The molecule has 178 valence electrons. The van der Waals surface area contributed by atoms with Crippen molar-refractivity contribution in [3.05, 3.63) is 35.2 Å². The van der Waals surface area contributed by atoms with Crippen LogP contribution >= 0.6 is 0 Å². The summed E-state index contributed by atoms with van der Waals surface area (Å²) in [6.07, 6.45) is 5.78. The van der Waals surface area contributed by atoms with Gasteiger partial charge in [-0.3, -0.25) is 4.79 Å². The summed E-state index contributed by atoms with van der Waals surface area (Å²) in [7, 11) is 0. The first kappa shape index (κ1) is 25.6. The highest BCUT2D eigenvalue weighted by atomic mass is 16.5. The van der Waals surface area contributed by atoms with Gasteiger partial charge in [-0.05, 0) is 31.6 Å². The van der Waals surface area contributed by atoms with Gasteiger partial charge >= 0.3 is 5.97 Å². The Morgan fingerprint density at radius 3 is 2.79 bits per heavy atom. The zero-order chi connectivity index (χ0) is 23.1. The molecule has 0 unspecified atom stereocenters. The number of carbonyl (C=O) groups is 2. The molecule has 2 aromatic heterocycles. The largest absolute Gasteiger partial charge is 0.504 e. The van der Waals surface area contributed by atoms with Gasteiger partial charge in [0.1, 0.15) is 0 Å². The van der Waals surface area contributed by atoms with Crippen LogP contribution in [0.3, 0.4) is 0 Å². The Hall–Kier alpha value is -3.66. The molecule has 0 saturated carbocycles. The molecule has 0 atom stereocenters. The number of rotatable bonds is 4. The number of esters is 1. The van der Waals surface area contributed by atoms with Crippen molar-refractivity contribution in [2.24, 2.45) is 4.99 Å². The van der Waals surface area contributed by atoms with Gasteiger partial charge in [0.15, 0.2) is 22.9 Å². The number of carboxylic acids is 1. The lowest BCUT2D eigenvalue weighted by Crippen LogP contribution is -2.27. The third-order valence-corrected chi connectivity index (χ3v) is 4.59. The minimum atomic E-state index is -0.833. The molecule has 1 fully saturated rings. The van der Waals surface area contributed by atoms with Crippen molar-refractivity contribution >= 4 is 41.5 Å². The number of aromatic nitrogens is 1. The summed E-state index contributed by atoms with van der Waals surface area (Å²) in [4.78, 5) is 31.9. The number of anilines is 1. The van der Waals surface area contributed by atoms with Crippen molar-refractivity contribution in [1.82, 2.24) is 4.98 Å². The normalized spacial score (nSPS) is 15.7. The highest BCUT2D eigenvalue weighted by Gasteiger charge is 2.30. The maximum atomic E-state index is 12.5. The standard InChI is InChI=1S/C20H21N3O5.C2H4O2.CH4/c1-2-27-20(25)16-17(24)15(28-19(16)23-7-4-9-26-10-8-23)11-13-12-22-18-14(13)5-3-6-21-18;1-2(3)4;/h3,5-6,11-12,24H,2,4,7-10H2,1H3;1H3,(H,3,4);1H4. The number of aliphatic carboxylic acids is 1. The number of nitrogens with zero attached hydrogens (tertiary/aromatic N) is 3. The summed E-state index contributed by atoms with van der Waals surface area (Å²) >= 11 is 0. The van der Waals surface area contributed by atoms with E-state index in [4.69, 9.17) is 23.8 Å². The van der Waals surface area contributed by atoms with Gasteiger partial charge in [0, 0.05) is 50.2 Å². The van der Waals surface area contributed by atoms with E-state index in [0.717, 1.165) is 24.5 Å². The molecular weight excluding hydrogens is 430 g/mol. The Bertz CT molecular complexity index is 1030. The molecule has 0 amide bonds. The fourth-order valence-corrected chi connectivity index (χ4v) is 3.27. The van der Waals surface area contributed by atoms with Gasteiger partial charge < -0.3 is 29.0 Å². The van der Waals surface area contributed by atoms with Gasteiger partial charge in [0.2, 0.25) is 5.88 Å². The lowest BCUT2D eigenvalue weighted by atomic mass is 10.1. The second-order valence-electron chi connectivity index (χ2n) is 6.92. The Balaban J connectivity index is 0.000000714. The van der Waals surface area contributed by atoms with Gasteiger partial charge in [-0.15, -0.1) is 0 Å². The quantitative estimate of drug-likeness (QED) is 0.655. The number of carbonyl (C=O) groups excluding carboxylic acids is 1. The molecule has 10 nitrogen and oxygen atoms in total. The highest BCUT2D eigenvalue weighted by Crippen LogP contribution is 2.40. The zero-order valence-corrected chi connectivity index (χ0v) is 17.9. The average Bonchev–Trinajstić information content (AvgIpc) is 3.17.